The molecule has 0 bridgehead atoms. The van der Waals surface area contributed by atoms with E-state index in [2.05, 4.69) is 53.9 Å². The van der Waals surface area contributed by atoms with Gasteiger partial charge in [-0.15, -0.1) is 11.3 Å². The second-order valence-electron chi connectivity index (χ2n) is 24.2. The lowest BCUT2D eigenvalue weighted by Crippen LogP contribution is -2.62. The molecule has 9 amide bonds. The summed E-state index contributed by atoms with van der Waals surface area (Å²) in [6, 6.07) is 11.1. The van der Waals surface area contributed by atoms with Gasteiger partial charge in [-0.05, 0) is 128 Å². The van der Waals surface area contributed by atoms with Gasteiger partial charge in [0.05, 0.1) is 18.5 Å². The van der Waals surface area contributed by atoms with Crippen LogP contribution in [0.2, 0.25) is 0 Å². The second-order valence-corrected chi connectivity index (χ2v) is 27.0. The molecule has 6 atom stereocenters. The lowest BCUT2D eigenvalue weighted by atomic mass is 9.86. The number of carbonyl (C=O) groups is 9. The van der Waals surface area contributed by atoms with Crippen molar-refractivity contribution in [2.24, 2.45) is 11.7 Å². The molecule has 0 radical (unpaired) electrons. The normalized spacial score (nSPS) is 20.9. The van der Waals surface area contributed by atoms with Crippen LogP contribution in [-0.4, -0.2) is 159 Å². The molecule has 26 heteroatoms. The highest BCUT2D eigenvalue weighted by Gasteiger charge is 2.51. The van der Waals surface area contributed by atoms with E-state index >= 15 is 0 Å². The molecular formula is C62H74F2N9O13PS. The van der Waals surface area contributed by atoms with Gasteiger partial charge in [0.15, 0.2) is 0 Å². The second kappa shape index (κ2) is 27.0. The number of thiophene rings is 1. The Labute approximate surface area is 512 Å². The van der Waals surface area contributed by atoms with Crippen LogP contribution >= 0.6 is 18.9 Å². The molecular weight excluding hydrogens is 1180 g/mol. The van der Waals surface area contributed by atoms with E-state index in [1.807, 2.05) is 30.3 Å². The minimum atomic E-state index is -5.90. The Morgan fingerprint density at radius 1 is 0.886 bits per heavy atom. The quantitative estimate of drug-likeness (QED) is 0.0409. The number of ether oxygens (including phenoxy) is 1. The molecule has 0 saturated carbocycles. The molecule has 6 heterocycles. The zero-order valence-electron chi connectivity index (χ0n) is 49.5. The maximum absolute atomic E-state index is 14.8. The van der Waals surface area contributed by atoms with E-state index in [1.54, 1.807) is 17.0 Å². The summed E-state index contributed by atoms with van der Waals surface area (Å²) in [5, 5.41) is 10.9. The van der Waals surface area contributed by atoms with Crippen LogP contribution in [0, 0.1) is 17.8 Å². The van der Waals surface area contributed by atoms with Crippen LogP contribution in [0.1, 0.15) is 139 Å². The van der Waals surface area contributed by atoms with Crippen molar-refractivity contribution in [3.63, 3.8) is 0 Å². The molecule has 8 N–H and O–H groups in total. The first-order valence-electron chi connectivity index (χ1n) is 29.6. The minimum Gasteiger partial charge on any atom is -0.453 e. The first-order valence-corrected chi connectivity index (χ1v) is 32.1. The molecule has 0 aliphatic carbocycles. The summed E-state index contributed by atoms with van der Waals surface area (Å²) in [5.41, 5.74) is 4.15. The van der Waals surface area contributed by atoms with E-state index in [0.29, 0.717) is 61.0 Å². The molecule has 4 saturated heterocycles. The molecule has 88 heavy (non-hydrogen) atoms. The summed E-state index contributed by atoms with van der Waals surface area (Å²) in [6.45, 7) is 7.19. The summed E-state index contributed by atoms with van der Waals surface area (Å²) < 4.78 is 46.3. The average molecular weight is 1250 g/mol. The number of fused-ring (bicyclic) bond motifs is 3. The predicted molar refractivity (Wildman–Crippen MR) is 320 cm³/mol. The van der Waals surface area contributed by atoms with Crippen LogP contribution in [0.25, 0.3) is 10.1 Å². The topological polar surface area (TPSA) is 307 Å². The number of nitrogens with one attached hydrogen (secondary N) is 4. The summed E-state index contributed by atoms with van der Waals surface area (Å²) in [6.07, 6.45) is 3.55. The fourth-order valence-electron chi connectivity index (χ4n) is 12.3. The number of hydrogen-bond donors (Lipinski definition) is 7. The zero-order chi connectivity index (χ0) is 63.4. The molecule has 4 fully saturated rings. The number of amides is 9. The van der Waals surface area contributed by atoms with Crippen molar-refractivity contribution in [1.29, 1.82) is 0 Å². The molecule has 5 aliphatic heterocycles. The monoisotopic (exact) mass is 1250 g/mol. The number of imide groups is 1. The minimum absolute atomic E-state index is 0.0501. The van der Waals surface area contributed by atoms with E-state index in [4.69, 9.17) is 10.5 Å². The fourth-order valence-corrected chi connectivity index (χ4v) is 13.7. The van der Waals surface area contributed by atoms with Gasteiger partial charge in [0.25, 0.3) is 11.8 Å². The van der Waals surface area contributed by atoms with Crippen molar-refractivity contribution in [2.75, 3.05) is 39.8 Å². The largest absolute Gasteiger partial charge is 0.453 e. The highest BCUT2D eigenvalue weighted by atomic mass is 32.1. The van der Waals surface area contributed by atoms with Gasteiger partial charge in [-0.25, -0.2) is 4.79 Å². The van der Waals surface area contributed by atoms with Crippen molar-refractivity contribution in [3.05, 3.63) is 105 Å². The van der Waals surface area contributed by atoms with Crippen LogP contribution in [0.4, 0.5) is 13.6 Å². The van der Waals surface area contributed by atoms with Gasteiger partial charge in [-0.3, -0.25) is 48.2 Å². The van der Waals surface area contributed by atoms with Gasteiger partial charge in [-0.2, -0.15) is 8.78 Å². The number of alkyl halides is 2. The molecule has 9 rings (SSSR count). The SMILES string of the molecule is COC(=O)N1CC[C@H]2CC[C@@H](C(=O)N[C@@H](CCCN)C(=O)N[C@@H](Cc3ccc(C(C)(C)C)cc3)C(=O)N3CCC(CCC#Cc4cccc5c4CN(C4CCC(=O)NC4=O)C5=O)CC3)N2C(=O)[C@@H](NC(=O)c2cc3cc(C(F)(F)P(=O)(O)O)ccc3s2)C1. The first-order chi connectivity index (χ1) is 41.8. The highest BCUT2D eigenvalue weighted by molar-refractivity contribution is 7.52. The van der Waals surface area contributed by atoms with Crippen molar-refractivity contribution < 1.29 is 71.0 Å². The molecule has 4 aromatic rings. The zero-order valence-corrected chi connectivity index (χ0v) is 51.2. The molecule has 3 aromatic carbocycles. The first kappa shape index (κ1) is 64.8. The molecule has 0 spiro atoms. The Kier molecular flexibility index (Phi) is 19.9. The Hall–Kier alpha value is -7.62. The van der Waals surface area contributed by atoms with Gasteiger partial charge in [0.2, 0.25) is 35.4 Å². The number of nitrogens with two attached hydrogens (primary N) is 1. The van der Waals surface area contributed by atoms with Crippen LogP contribution in [0.15, 0.2) is 66.7 Å². The van der Waals surface area contributed by atoms with Crippen molar-refractivity contribution in [1.82, 2.24) is 40.9 Å². The highest BCUT2D eigenvalue weighted by Crippen LogP contribution is 2.59. The van der Waals surface area contributed by atoms with E-state index < -0.39 is 90.7 Å². The smallest absolute Gasteiger partial charge is 0.409 e. The maximum Gasteiger partial charge on any atom is 0.409 e. The Bertz CT molecular complexity index is 3500. The number of nitrogens with zero attached hydrogens (tertiary/aromatic N) is 4. The Morgan fingerprint density at radius 2 is 1.60 bits per heavy atom. The number of carbonyl (C=O) groups excluding carboxylic acids is 9. The number of hydrogen-bond acceptors (Lipinski definition) is 13. The number of halogens is 2. The third-order valence-electron chi connectivity index (χ3n) is 17.3. The summed E-state index contributed by atoms with van der Waals surface area (Å²) in [4.78, 5) is 148. The lowest BCUT2D eigenvalue weighted by Gasteiger charge is -2.38. The number of benzene rings is 3. The molecule has 470 valence electrons. The third-order valence-corrected chi connectivity index (χ3v) is 19.4. The summed E-state index contributed by atoms with van der Waals surface area (Å²) in [7, 11) is -4.74. The standard InChI is InChI=1S/C62H74F2N9O13PS/c1-61(2,3)40-16-14-37(15-17-40)31-46(58(80)70-28-24-36(25-29-70)9-5-6-10-38-11-7-12-43-44(38)34-72(57(43)79)48-21-23-52(74)69-54(48)76)67-53(75)45(13-8-27-65)66-55(77)49-20-19-42-26-30-71(60(82)86-4)35-47(59(81)73(42)49)68-56(78)51-33-39-32-41(18-22-50(39)88-51)62(63,64)87(83,84)85/h7,11-12,14-18,22,32-33,36,42,45-49H,5,8-9,13,19-21,23-31,34-35,65H2,1-4H3,(H,66,77)(H,67,75)(H,68,78)(H,69,74,76)(H2,83,84,85)/t42-,45+,46+,47+,48?,49+/m1/s1. The van der Waals surface area contributed by atoms with Gasteiger partial charge >= 0.3 is 19.4 Å². The molecule has 1 aromatic heterocycles. The number of likely N-dealkylation sites (tertiary alicyclic amines) is 1. The number of methoxy groups -OCH3 is 1. The van der Waals surface area contributed by atoms with Crippen LogP contribution in [0.5, 0.6) is 0 Å². The average Bonchev–Trinajstić information content (AvgIpc) is 3.82. The molecule has 5 aliphatic rings. The number of rotatable bonds is 17. The van der Waals surface area contributed by atoms with E-state index in [-0.39, 0.29) is 104 Å². The van der Waals surface area contributed by atoms with Crippen molar-refractivity contribution in [3.8, 4) is 11.8 Å². The van der Waals surface area contributed by atoms with Crippen molar-refractivity contribution >= 4 is 82.4 Å². The predicted octanol–water partition coefficient (Wildman–Crippen LogP) is 5.14. The Morgan fingerprint density at radius 3 is 2.28 bits per heavy atom. The van der Waals surface area contributed by atoms with Crippen LogP contribution in [0.3, 0.4) is 0 Å². The summed E-state index contributed by atoms with van der Waals surface area (Å²) in [5.74, 6) is 2.51. The van der Waals surface area contributed by atoms with Gasteiger partial charge in [-0.1, -0.05) is 69.0 Å². The molecule has 1 unspecified atom stereocenters. The van der Waals surface area contributed by atoms with Crippen LogP contribution < -0.4 is 27.0 Å². The van der Waals surface area contributed by atoms with Crippen LogP contribution in [-0.2, 0) is 62.1 Å². The molecule has 22 nitrogen and oxygen atoms in total. The van der Waals surface area contributed by atoms with E-state index in [1.165, 1.54) is 26.8 Å². The lowest BCUT2D eigenvalue weighted by molar-refractivity contribution is -0.144. The van der Waals surface area contributed by atoms with Gasteiger partial charge in [0.1, 0.15) is 30.2 Å². The van der Waals surface area contributed by atoms with Gasteiger partial charge < -0.3 is 55.8 Å². The van der Waals surface area contributed by atoms with Gasteiger partial charge in [0, 0.05) is 72.9 Å². The third kappa shape index (κ3) is 14.4. The van der Waals surface area contributed by atoms with E-state index in [0.717, 1.165) is 53.7 Å². The number of piperidine rings is 2. The maximum atomic E-state index is 14.8. The van der Waals surface area contributed by atoms with E-state index in [9.17, 15) is 66.3 Å². The fraction of sp³-hybridized carbons (Fsp3) is 0.500. The van der Waals surface area contributed by atoms with Crippen molar-refractivity contribution in [2.45, 2.75) is 152 Å². The summed E-state index contributed by atoms with van der Waals surface area (Å²) >= 11 is 0.867. The Balaban J connectivity index is 0.868.